The molecule has 0 aliphatic heterocycles. The van der Waals surface area contributed by atoms with Crippen LogP contribution < -0.4 is 5.73 Å². The average Bonchev–Trinajstić information content (AvgIpc) is 2.42. The minimum Gasteiger partial charge on any atom is -0.323 e. The Balaban J connectivity index is 2.37. The fourth-order valence-electron chi connectivity index (χ4n) is 1.98. The molecule has 0 heterocycles. The molecular formula is C10H9BrF3N. The molecule has 1 aromatic rings. The van der Waals surface area contributed by atoms with E-state index >= 15 is 0 Å². The summed E-state index contributed by atoms with van der Waals surface area (Å²) in [5, 5.41) is 0. The van der Waals surface area contributed by atoms with Crippen LogP contribution in [0.3, 0.4) is 0 Å². The van der Waals surface area contributed by atoms with E-state index in [0.717, 1.165) is 4.47 Å². The van der Waals surface area contributed by atoms with Crippen LogP contribution in [0, 0.1) is 5.92 Å². The van der Waals surface area contributed by atoms with Gasteiger partial charge in [-0.3, -0.25) is 0 Å². The van der Waals surface area contributed by atoms with Gasteiger partial charge in [-0.15, -0.1) is 0 Å². The Bertz CT molecular complexity index is 389. The van der Waals surface area contributed by atoms with Crippen molar-refractivity contribution < 1.29 is 13.2 Å². The van der Waals surface area contributed by atoms with E-state index in [1.165, 1.54) is 0 Å². The molecule has 0 spiro atoms. The summed E-state index contributed by atoms with van der Waals surface area (Å²) in [5.74, 6) is -1.44. The van der Waals surface area contributed by atoms with Gasteiger partial charge in [0.15, 0.2) is 0 Å². The lowest BCUT2D eigenvalue weighted by atomic mass is 10.0. The van der Waals surface area contributed by atoms with Crippen LogP contribution in [-0.4, -0.2) is 6.18 Å². The summed E-state index contributed by atoms with van der Waals surface area (Å²) < 4.78 is 38.5. The van der Waals surface area contributed by atoms with Gasteiger partial charge in [0.25, 0.3) is 0 Å². The first-order chi connectivity index (χ1) is 6.89. The smallest absolute Gasteiger partial charge is 0.323 e. The van der Waals surface area contributed by atoms with Crippen LogP contribution in [0.4, 0.5) is 13.2 Å². The molecule has 15 heavy (non-hydrogen) atoms. The molecule has 0 fully saturated rings. The van der Waals surface area contributed by atoms with Crippen LogP contribution in [0.2, 0.25) is 0 Å². The average molecular weight is 280 g/mol. The predicted molar refractivity (Wildman–Crippen MR) is 54.3 cm³/mol. The molecule has 0 saturated carbocycles. The third kappa shape index (κ3) is 1.90. The third-order valence-corrected chi connectivity index (χ3v) is 3.25. The van der Waals surface area contributed by atoms with E-state index < -0.39 is 18.1 Å². The molecule has 0 bridgehead atoms. The van der Waals surface area contributed by atoms with E-state index in [4.69, 9.17) is 5.73 Å². The molecule has 2 N–H and O–H groups in total. The molecule has 0 unspecified atom stereocenters. The third-order valence-electron chi connectivity index (χ3n) is 2.76. The number of hydrogen-bond donors (Lipinski definition) is 1. The van der Waals surface area contributed by atoms with Gasteiger partial charge in [0.2, 0.25) is 0 Å². The Morgan fingerprint density at radius 1 is 1.33 bits per heavy atom. The fraction of sp³-hybridized carbons (Fsp3) is 0.400. The quantitative estimate of drug-likeness (QED) is 0.776. The maximum Gasteiger partial charge on any atom is 0.393 e. The second-order valence-electron chi connectivity index (χ2n) is 3.72. The van der Waals surface area contributed by atoms with Crippen molar-refractivity contribution >= 4 is 15.9 Å². The molecule has 2 rings (SSSR count). The Hall–Kier alpha value is -0.550. The minimum atomic E-state index is -4.22. The van der Waals surface area contributed by atoms with Gasteiger partial charge >= 0.3 is 6.18 Å². The lowest BCUT2D eigenvalue weighted by Gasteiger charge is -2.19. The fourth-order valence-corrected chi connectivity index (χ4v) is 2.38. The largest absolute Gasteiger partial charge is 0.393 e. The lowest BCUT2D eigenvalue weighted by Crippen LogP contribution is -2.30. The zero-order valence-corrected chi connectivity index (χ0v) is 9.27. The van der Waals surface area contributed by atoms with E-state index in [0.29, 0.717) is 11.1 Å². The Morgan fingerprint density at radius 2 is 2.00 bits per heavy atom. The van der Waals surface area contributed by atoms with Crippen molar-refractivity contribution in [2.45, 2.75) is 18.6 Å². The monoisotopic (exact) mass is 279 g/mol. The van der Waals surface area contributed by atoms with E-state index in [1.54, 1.807) is 18.2 Å². The molecule has 1 nitrogen and oxygen atoms in total. The number of nitrogens with two attached hydrogens (primary N) is 1. The highest BCUT2D eigenvalue weighted by Gasteiger charge is 2.47. The summed E-state index contributed by atoms with van der Waals surface area (Å²) in [7, 11) is 0. The van der Waals surface area contributed by atoms with Crippen molar-refractivity contribution in [3.63, 3.8) is 0 Å². The highest BCUT2D eigenvalue weighted by molar-refractivity contribution is 9.10. The van der Waals surface area contributed by atoms with Gasteiger partial charge in [-0.25, -0.2) is 0 Å². The van der Waals surface area contributed by atoms with Crippen molar-refractivity contribution in [1.82, 2.24) is 0 Å². The van der Waals surface area contributed by atoms with Crippen LogP contribution in [0.25, 0.3) is 0 Å². The Labute approximate surface area is 93.6 Å². The molecule has 0 amide bonds. The Kier molecular flexibility index (Phi) is 2.55. The minimum absolute atomic E-state index is 0.0144. The van der Waals surface area contributed by atoms with Crippen LogP contribution in [0.15, 0.2) is 22.7 Å². The summed E-state index contributed by atoms with van der Waals surface area (Å²) in [6.07, 6.45) is -4.23. The first kappa shape index (κ1) is 11.0. The van der Waals surface area contributed by atoms with Crippen molar-refractivity contribution in [3.05, 3.63) is 33.8 Å². The molecule has 0 saturated heterocycles. The number of hydrogen-bond acceptors (Lipinski definition) is 1. The van der Waals surface area contributed by atoms with Crippen LogP contribution >= 0.6 is 15.9 Å². The zero-order chi connectivity index (χ0) is 11.2. The normalized spacial score (nSPS) is 25.4. The summed E-state index contributed by atoms with van der Waals surface area (Å²) in [6, 6.07) is 4.17. The second-order valence-corrected chi connectivity index (χ2v) is 4.64. The van der Waals surface area contributed by atoms with Gasteiger partial charge in [0, 0.05) is 10.5 Å². The molecule has 1 aromatic carbocycles. The van der Waals surface area contributed by atoms with Crippen molar-refractivity contribution in [1.29, 1.82) is 0 Å². The zero-order valence-electron chi connectivity index (χ0n) is 7.68. The number of benzene rings is 1. The van der Waals surface area contributed by atoms with Gasteiger partial charge in [-0.05, 0) is 29.7 Å². The summed E-state index contributed by atoms with van der Waals surface area (Å²) in [6.45, 7) is 0. The van der Waals surface area contributed by atoms with Crippen molar-refractivity contribution in [2.24, 2.45) is 11.7 Å². The highest BCUT2D eigenvalue weighted by Crippen LogP contribution is 2.44. The molecule has 1 aliphatic carbocycles. The van der Waals surface area contributed by atoms with Crippen LogP contribution in [-0.2, 0) is 6.42 Å². The molecule has 5 heteroatoms. The van der Waals surface area contributed by atoms with Crippen LogP contribution in [0.1, 0.15) is 17.2 Å². The summed E-state index contributed by atoms with van der Waals surface area (Å²) in [5.41, 5.74) is 6.90. The van der Waals surface area contributed by atoms with Gasteiger partial charge in [0.1, 0.15) is 0 Å². The van der Waals surface area contributed by atoms with E-state index in [2.05, 4.69) is 15.9 Å². The van der Waals surface area contributed by atoms with Crippen molar-refractivity contribution in [2.75, 3.05) is 0 Å². The number of rotatable bonds is 0. The Morgan fingerprint density at radius 3 is 2.60 bits per heavy atom. The van der Waals surface area contributed by atoms with Gasteiger partial charge < -0.3 is 5.73 Å². The predicted octanol–water partition coefficient (Wildman–Crippen LogP) is 3.18. The highest BCUT2D eigenvalue weighted by atomic mass is 79.9. The molecule has 82 valence electrons. The van der Waals surface area contributed by atoms with E-state index in [1.807, 2.05) is 0 Å². The van der Waals surface area contributed by atoms with Gasteiger partial charge in [-0.2, -0.15) is 13.2 Å². The molecule has 0 radical (unpaired) electrons. The molecule has 1 aliphatic rings. The van der Waals surface area contributed by atoms with Gasteiger partial charge in [0.05, 0.1) is 5.92 Å². The summed E-state index contributed by atoms with van der Waals surface area (Å²) in [4.78, 5) is 0. The number of alkyl halides is 3. The first-order valence-corrected chi connectivity index (χ1v) is 5.29. The maximum atomic E-state index is 12.6. The lowest BCUT2D eigenvalue weighted by molar-refractivity contribution is -0.177. The molecule has 2 atom stereocenters. The number of fused-ring (bicyclic) bond motifs is 1. The van der Waals surface area contributed by atoms with E-state index in [9.17, 15) is 13.2 Å². The summed E-state index contributed by atoms with van der Waals surface area (Å²) >= 11 is 3.23. The SMILES string of the molecule is N[C@H]1c2ccc(Br)cc2C[C@@H]1C(F)(F)F. The second kappa shape index (κ2) is 3.49. The molecule has 0 aromatic heterocycles. The number of halogens is 4. The molecular weight excluding hydrogens is 271 g/mol. The standard InChI is InChI=1S/C10H9BrF3N/c11-6-1-2-7-5(3-6)4-8(9(7)15)10(12,13)14/h1-3,8-9H,4,15H2/t8-,9-/m0/s1. The van der Waals surface area contributed by atoms with E-state index in [-0.39, 0.29) is 6.42 Å². The van der Waals surface area contributed by atoms with Crippen LogP contribution in [0.5, 0.6) is 0 Å². The van der Waals surface area contributed by atoms with Gasteiger partial charge in [-0.1, -0.05) is 22.0 Å². The van der Waals surface area contributed by atoms with Crippen molar-refractivity contribution in [3.8, 4) is 0 Å². The topological polar surface area (TPSA) is 26.0 Å². The first-order valence-electron chi connectivity index (χ1n) is 4.50. The maximum absolute atomic E-state index is 12.6.